The zero-order valence-electron chi connectivity index (χ0n) is 10.0. The predicted molar refractivity (Wildman–Crippen MR) is 61.9 cm³/mol. The molecule has 1 N–H and O–H groups in total. The maximum atomic E-state index is 4.57. The fourth-order valence-corrected chi connectivity index (χ4v) is 1.95. The molecule has 2 rings (SSSR count). The third-order valence-corrected chi connectivity index (χ3v) is 3.11. The lowest BCUT2D eigenvalue weighted by molar-refractivity contribution is 0.581. The second kappa shape index (κ2) is 4.35. The molecule has 0 aliphatic heterocycles. The lowest BCUT2D eigenvalue weighted by Gasteiger charge is -2.04. The van der Waals surface area contributed by atoms with Crippen LogP contribution in [-0.2, 0) is 13.1 Å². The molecule has 0 unspecified atom stereocenters. The summed E-state index contributed by atoms with van der Waals surface area (Å²) < 4.78 is 2.14. The van der Waals surface area contributed by atoms with Gasteiger partial charge >= 0.3 is 0 Å². The molecule has 3 nitrogen and oxygen atoms in total. The van der Waals surface area contributed by atoms with E-state index in [4.69, 9.17) is 0 Å². The van der Waals surface area contributed by atoms with Gasteiger partial charge in [0.05, 0.1) is 5.69 Å². The Morgan fingerprint density at radius 3 is 2.73 bits per heavy atom. The van der Waals surface area contributed by atoms with Crippen LogP contribution >= 0.6 is 0 Å². The minimum Gasteiger partial charge on any atom is -0.310 e. The van der Waals surface area contributed by atoms with E-state index in [1.54, 1.807) is 0 Å². The van der Waals surface area contributed by atoms with Crippen LogP contribution in [0.1, 0.15) is 43.1 Å². The fraction of sp³-hybridized carbons (Fsp3) is 0.750. The van der Waals surface area contributed by atoms with E-state index in [2.05, 4.69) is 35.9 Å². The van der Waals surface area contributed by atoms with Gasteiger partial charge in [-0.15, -0.1) is 0 Å². The summed E-state index contributed by atoms with van der Waals surface area (Å²) >= 11 is 0. The van der Waals surface area contributed by atoms with Crippen LogP contribution in [0.4, 0.5) is 0 Å². The van der Waals surface area contributed by atoms with Crippen LogP contribution in [0.2, 0.25) is 0 Å². The van der Waals surface area contributed by atoms with Gasteiger partial charge in [-0.3, -0.25) is 4.68 Å². The summed E-state index contributed by atoms with van der Waals surface area (Å²) in [5.74, 6) is 0. The van der Waals surface area contributed by atoms with Gasteiger partial charge in [0.25, 0.3) is 0 Å². The molecule has 3 heteroatoms. The van der Waals surface area contributed by atoms with Crippen molar-refractivity contribution in [1.29, 1.82) is 0 Å². The highest BCUT2D eigenvalue weighted by Gasteiger charge is 2.21. The molecule has 1 aliphatic rings. The fourth-order valence-electron chi connectivity index (χ4n) is 1.95. The Labute approximate surface area is 91.9 Å². The highest BCUT2D eigenvalue weighted by Crippen LogP contribution is 2.21. The first-order valence-corrected chi connectivity index (χ1v) is 5.98. The van der Waals surface area contributed by atoms with Crippen LogP contribution in [0, 0.1) is 13.8 Å². The highest BCUT2D eigenvalue weighted by atomic mass is 15.3. The topological polar surface area (TPSA) is 29.9 Å². The van der Waals surface area contributed by atoms with E-state index >= 15 is 0 Å². The van der Waals surface area contributed by atoms with Crippen molar-refractivity contribution in [2.45, 2.75) is 59.2 Å². The third kappa shape index (κ3) is 2.40. The minimum absolute atomic E-state index is 0.776. The standard InChI is InChI=1S/C12H21N3/c1-4-7-15-10(3)12(9(2)14-15)8-13-11-5-6-11/h11,13H,4-8H2,1-3H3. The molecular weight excluding hydrogens is 186 g/mol. The van der Waals surface area contributed by atoms with Crippen molar-refractivity contribution in [2.75, 3.05) is 0 Å². The van der Waals surface area contributed by atoms with Gasteiger partial charge in [-0.1, -0.05) is 6.92 Å². The number of aryl methyl sites for hydroxylation is 2. The summed E-state index contributed by atoms with van der Waals surface area (Å²) in [4.78, 5) is 0. The number of hydrogen-bond acceptors (Lipinski definition) is 2. The van der Waals surface area contributed by atoms with Crippen LogP contribution in [0.3, 0.4) is 0 Å². The molecule has 0 atom stereocenters. The predicted octanol–water partition coefficient (Wildman–Crippen LogP) is 2.16. The number of aromatic nitrogens is 2. The second-order valence-corrected chi connectivity index (χ2v) is 4.53. The Morgan fingerprint density at radius 2 is 2.13 bits per heavy atom. The van der Waals surface area contributed by atoms with E-state index in [-0.39, 0.29) is 0 Å². The molecule has 0 radical (unpaired) electrons. The zero-order chi connectivity index (χ0) is 10.8. The number of nitrogens with one attached hydrogen (secondary N) is 1. The summed E-state index contributed by atoms with van der Waals surface area (Å²) in [6, 6.07) is 0.776. The maximum absolute atomic E-state index is 4.57. The number of hydrogen-bond donors (Lipinski definition) is 1. The Balaban J connectivity index is 2.06. The summed E-state index contributed by atoms with van der Waals surface area (Å²) in [5.41, 5.74) is 3.92. The third-order valence-electron chi connectivity index (χ3n) is 3.11. The second-order valence-electron chi connectivity index (χ2n) is 4.53. The monoisotopic (exact) mass is 207 g/mol. The minimum atomic E-state index is 0.776. The maximum Gasteiger partial charge on any atom is 0.0641 e. The molecule has 1 aliphatic carbocycles. The van der Waals surface area contributed by atoms with E-state index < -0.39 is 0 Å². The van der Waals surface area contributed by atoms with Gasteiger partial charge in [0.2, 0.25) is 0 Å². The van der Waals surface area contributed by atoms with Crippen molar-refractivity contribution in [3.63, 3.8) is 0 Å². The van der Waals surface area contributed by atoms with Gasteiger partial charge in [-0.25, -0.2) is 0 Å². The first-order valence-electron chi connectivity index (χ1n) is 5.98. The Hall–Kier alpha value is -0.830. The lowest BCUT2D eigenvalue weighted by atomic mass is 10.2. The first-order chi connectivity index (χ1) is 7.22. The van der Waals surface area contributed by atoms with E-state index in [1.807, 2.05) is 0 Å². The van der Waals surface area contributed by atoms with Crippen LogP contribution in [0.5, 0.6) is 0 Å². The molecule has 0 bridgehead atoms. The van der Waals surface area contributed by atoms with E-state index in [0.29, 0.717) is 0 Å². The van der Waals surface area contributed by atoms with Gasteiger partial charge in [0, 0.05) is 30.4 Å². The van der Waals surface area contributed by atoms with Crippen molar-refractivity contribution >= 4 is 0 Å². The molecule has 15 heavy (non-hydrogen) atoms. The van der Waals surface area contributed by atoms with Gasteiger partial charge in [-0.2, -0.15) is 5.10 Å². The van der Waals surface area contributed by atoms with Crippen LogP contribution in [-0.4, -0.2) is 15.8 Å². The smallest absolute Gasteiger partial charge is 0.0641 e. The molecule has 84 valence electrons. The highest BCUT2D eigenvalue weighted by molar-refractivity contribution is 5.24. The Morgan fingerprint density at radius 1 is 1.40 bits per heavy atom. The van der Waals surface area contributed by atoms with Gasteiger partial charge in [-0.05, 0) is 33.1 Å². The van der Waals surface area contributed by atoms with E-state index in [0.717, 1.165) is 25.6 Å². The largest absolute Gasteiger partial charge is 0.310 e. The average Bonchev–Trinajstić information content (AvgIpc) is 2.97. The molecule has 1 heterocycles. The Kier molecular flexibility index (Phi) is 3.10. The quantitative estimate of drug-likeness (QED) is 0.802. The number of rotatable bonds is 5. The van der Waals surface area contributed by atoms with Crippen LogP contribution in [0.15, 0.2) is 0 Å². The summed E-state index contributed by atoms with van der Waals surface area (Å²) in [5, 5.41) is 8.13. The van der Waals surface area contributed by atoms with Crippen molar-refractivity contribution in [3.8, 4) is 0 Å². The van der Waals surface area contributed by atoms with E-state index in [9.17, 15) is 0 Å². The summed E-state index contributed by atoms with van der Waals surface area (Å²) in [6.45, 7) is 8.52. The van der Waals surface area contributed by atoms with Crippen LogP contribution < -0.4 is 5.32 Å². The summed E-state index contributed by atoms with van der Waals surface area (Å²) in [6.07, 6.45) is 3.85. The lowest BCUT2D eigenvalue weighted by Crippen LogP contribution is -2.16. The molecule has 0 aromatic carbocycles. The molecule has 1 aromatic rings. The van der Waals surface area contributed by atoms with Crippen molar-refractivity contribution in [1.82, 2.24) is 15.1 Å². The van der Waals surface area contributed by atoms with Gasteiger partial charge in [0.15, 0.2) is 0 Å². The molecule has 0 amide bonds. The van der Waals surface area contributed by atoms with Gasteiger partial charge < -0.3 is 5.32 Å². The zero-order valence-corrected chi connectivity index (χ0v) is 10.0. The average molecular weight is 207 g/mol. The van der Waals surface area contributed by atoms with Crippen molar-refractivity contribution < 1.29 is 0 Å². The van der Waals surface area contributed by atoms with Gasteiger partial charge in [0.1, 0.15) is 0 Å². The molecule has 1 saturated carbocycles. The molecule has 1 fully saturated rings. The van der Waals surface area contributed by atoms with E-state index in [1.165, 1.54) is 29.8 Å². The molecule has 0 saturated heterocycles. The van der Waals surface area contributed by atoms with Crippen molar-refractivity contribution in [3.05, 3.63) is 17.0 Å². The SMILES string of the molecule is CCCn1nc(C)c(CNC2CC2)c1C. The van der Waals surface area contributed by atoms with Crippen molar-refractivity contribution in [2.24, 2.45) is 0 Å². The summed E-state index contributed by atoms with van der Waals surface area (Å²) in [7, 11) is 0. The molecule has 0 spiro atoms. The molecule has 1 aromatic heterocycles. The number of nitrogens with zero attached hydrogens (tertiary/aromatic N) is 2. The molecular formula is C12H21N3. The van der Waals surface area contributed by atoms with Crippen LogP contribution in [0.25, 0.3) is 0 Å². The first kappa shape index (κ1) is 10.7. The Bertz CT molecular complexity index is 337. The normalized spacial score (nSPS) is 15.9.